The Hall–Kier alpha value is -2.04. The van der Waals surface area contributed by atoms with Crippen molar-refractivity contribution < 1.29 is 14.3 Å². The first-order valence-electron chi connectivity index (χ1n) is 10.7. The van der Waals surface area contributed by atoms with E-state index >= 15 is 0 Å². The molecule has 0 unspecified atom stereocenters. The monoisotopic (exact) mass is 388 g/mol. The Morgan fingerprint density at radius 2 is 1.86 bits per heavy atom. The van der Waals surface area contributed by atoms with E-state index < -0.39 is 0 Å². The average Bonchev–Trinajstić information content (AvgIpc) is 2.68. The van der Waals surface area contributed by atoms with Gasteiger partial charge in [0.15, 0.2) is 6.61 Å². The summed E-state index contributed by atoms with van der Waals surface area (Å²) in [6.45, 7) is 13.0. The Balaban J connectivity index is 2.09. The van der Waals surface area contributed by atoms with Gasteiger partial charge in [-0.05, 0) is 48.8 Å². The predicted octanol–water partition coefficient (Wildman–Crippen LogP) is 4.53. The molecule has 0 aromatic heterocycles. The summed E-state index contributed by atoms with van der Waals surface area (Å²) in [6, 6.07) is 6.14. The second-order valence-corrected chi connectivity index (χ2v) is 8.24. The number of benzene rings is 1. The van der Waals surface area contributed by atoms with E-state index in [1.54, 1.807) is 4.90 Å². The fourth-order valence-corrected chi connectivity index (χ4v) is 3.52. The minimum Gasteiger partial charge on any atom is -0.482 e. The topological polar surface area (TPSA) is 49.9 Å². The largest absolute Gasteiger partial charge is 0.482 e. The van der Waals surface area contributed by atoms with Gasteiger partial charge in [0, 0.05) is 26.1 Å². The number of ether oxygens (including phenoxy) is 1. The van der Waals surface area contributed by atoms with Crippen LogP contribution < -0.4 is 9.64 Å². The molecule has 5 heteroatoms. The normalized spacial score (nSPS) is 13.9. The summed E-state index contributed by atoms with van der Waals surface area (Å²) in [6.07, 6.45) is 4.09. The number of rotatable bonds is 10. The molecule has 0 fully saturated rings. The second-order valence-electron chi connectivity index (χ2n) is 8.24. The van der Waals surface area contributed by atoms with Crippen molar-refractivity contribution in [1.82, 2.24) is 4.90 Å². The van der Waals surface area contributed by atoms with Crippen LogP contribution in [0.25, 0.3) is 0 Å². The van der Waals surface area contributed by atoms with E-state index in [4.69, 9.17) is 4.74 Å². The lowest BCUT2D eigenvalue weighted by Gasteiger charge is -2.32. The molecule has 0 saturated carbocycles. The van der Waals surface area contributed by atoms with Gasteiger partial charge in [-0.15, -0.1) is 0 Å². The van der Waals surface area contributed by atoms with Crippen LogP contribution in [-0.2, 0) is 15.0 Å². The summed E-state index contributed by atoms with van der Waals surface area (Å²) in [5.41, 5.74) is 2.07. The maximum Gasteiger partial charge on any atom is 0.265 e. The third-order valence-electron chi connectivity index (χ3n) is 5.68. The van der Waals surface area contributed by atoms with E-state index in [1.807, 2.05) is 11.0 Å². The molecule has 0 spiro atoms. The van der Waals surface area contributed by atoms with Crippen molar-refractivity contribution in [2.75, 3.05) is 31.1 Å². The first-order chi connectivity index (χ1) is 13.3. The van der Waals surface area contributed by atoms with Crippen LogP contribution in [0.3, 0.4) is 0 Å². The number of carbonyl (C=O) groups is 2. The lowest BCUT2D eigenvalue weighted by atomic mass is 9.82. The summed E-state index contributed by atoms with van der Waals surface area (Å²) >= 11 is 0. The summed E-state index contributed by atoms with van der Waals surface area (Å²) in [7, 11) is 0. The van der Waals surface area contributed by atoms with Gasteiger partial charge in [-0.25, -0.2) is 0 Å². The zero-order valence-electron chi connectivity index (χ0n) is 18.2. The third kappa shape index (κ3) is 5.27. The highest BCUT2D eigenvalue weighted by Gasteiger charge is 2.28. The Morgan fingerprint density at radius 1 is 1.18 bits per heavy atom. The van der Waals surface area contributed by atoms with E-state index in [1.165, 1.54) is 5.56 Å². The number of nitrogens with zero attached hydrogens (tertiary/aromatic N) is 2. The minimum atomic E-state index is -0.0367. The molecule has 0 bridgehead atoms. The van der Waals surface area contributed by atoms with E-state index in [-0.39, 0.29) is 23.8 Å². The lowest BCUT2D eigenvalue weighted by Crippen LogP contribution is -2.40. The molecule has 1 aliphatic heterocycles. The van der Waals surface area contributed by atoms with Crippen molar-refractivity contribution in [1.29, 1.82) is 0 Å². The molecule has 1 aromatic rings. The quantitative estimate of drug-likeness (QED) is 0.592. The molecule has 28 heavy (non-hydrogen) atoms. The summed E-state index contributed by atoms with van der Waals surface area (Å²) < 4.78 is 5.63. The molecule has 156 valence electrons. The van der Waals surface area contributed by atoms with E-state index in [0.29, 0.717) is 19.4 Å². The van der Waals surface area contributed by atoms with Crippen molar-refractivity contribution in [2.24, 2.45) is 0 Å². The fraction of sp³-hybridized carbons (Fsp3) is 0.652. The summed E-state index contributed by atoms with van der Waals surface area (Å²) in [5, 5.41) is 0. The van der Waals surface area contributed by atoms with Gasteiger partial charge < -0.3 is 14.5 Å². The van der Waals surface area contributed by atoms with Crippen LogP contribution in [0.4, 0.5) is 5.69 Å². The first kappa shape index (κ1) is 22.3. The Labute approximate surface area is 170 Å². The Bertz CT molecular complexity index is 678. The van der Waals surface area contributed by atoms with Crippen LogP contribution in [0, 0.1) is 0 Å². The number of amides is 2. The van der Waals surface area contributed by atoms with Gasteiger partial charge in [0.05, 0.1) is 5.69 Å². The van der Waals surface area contributed by atoms with Gasteiger partial charge >= 0.3 is 0 Å². The Morgan fingerprint density at radius 3 is 2.46 bits per heavy atom. The average molecular weight is 389 g/mol. The molecule has 0 aliphatic carbocycles. The molecule has 0 atom stereocenters. The highest BCUT2D eigenvalue weighted by Crippen LogP contribution is 2.37. The van der Waals surface area contributed by atoms with Crippen molar-refractivity contribution in [2.45, 2.75) is 72.1 Å². The zero-order chi connectivity index (χ0) is 20.7. The van der Waals surface area contributed by atoms with Crippen LogP contribution in [0.2, 0.25) is 0 Å². The van der Waals surface area contributed by atoms with Crippen molar-refractivity contribution in [3.8, 4) is 5.75 Å². The van der Waals surface area contributed by atoms with Crippen LogP contribution in [0.15, 0.2) is 18.2 Å². The van der Waals surface area contributed by atoms with Crippen molar-refractivity contribution >= 4 is 17.5 Å². The fourth-order valence-electron chi connectivity index (χ4n) is 3.52. The number of hydrogen-bond donors (Lipinski definition) is 0. The molecular formula is C23H36N2O3. The molecule has 2 rings (SSSR count). The van der Waals surface area contributed by atoms with E-state index in [0.717, 1.165) is 43.8 Å². The van der Waals surface area contributed by atoms with Crippen molar-refractivity contribution in [3.05, 3.63) is 23.8 Å². The van der Waals surface area contributed by atoms with Gasteiger partial charge in [0.2, 0.25) is 5.91 Å². The van der Waals surface area contributed by atoms with Gasteiger partial charge in [0.1, 0.15) is 5.75 Å². The van der Waals surface area contributed by atoms with Crippen LogP contribution >= 0.6 is 0 Å². The molecule has 1 aliphatic rings. The highest BCUT2D eigenvalue weighted by molar-refractivity contribution is 5.98. The Kier molecular flexibility index (Phi) is 7.90. The number of hydrogen-bond acceptors (Lipinski definition) is 3. The third-order valence-corrected chi connectivity index (χ3v) is 5.68. The number of anilines is 1. The molecule has 5 nitrogen and oxygen atoms in total. The van der Waals surface area contributed by atoms with Crippen LogP contribution in [0.5, 0.6) is 5.75 Å². The number of carbonyl (C=O) groups excluding carboxylic acids is 2. The predicted molar refractivity (Wildman–Crippen MR) is 114 cm³/mol. The number of fused-ring (bicyclic) bond motifs is 1. The van der Waals surface area contributed by atoms with Gasteiger partial charge in [-0.2, -0.15) is 0 Å². The molecule has 0 N–H and O–H groups in total. The summed E-state index contributed by atoms with van der Waals surface area (Å²) in [5.74, 6) is 0.899. The van der Waals surface area contributed by atoms with E-state index in [2.05, 4.69) is 46.8 Å². The zero-order valence-corrected chi connectivity index (χ0v) is 18.2. The highest BCUT2D eigenvalue weighted by atomic mass is 16.5. The van der Waals surface area contributed by atoms with Crippen LogP contribution in [-0.4, -0.2) is 43.0 Å². The molecular weight excluding hydrogens is 352 g/mol. The van der Waals surface area contributed by atoms with Gasteiger partial charge in [0.25, 0.3) is 5.91 Å². The van der Waals surface area contributed by atoms with Crippen molar-refractivity contribution in [3.63, 3.8) is 0 Å². The summed E-state index contributed by atoms with van der Waals surface area (Å²) in [4.78, 5) is 28.8. The SMILES string of the molecule is CCCN(CCC)C(=O)CCCN1C(=O)COc2ccc(C(C)(C)CC)cc21. The maximum absolute atomic E-state index is 12.5. The smallest absolute Gasteiger partial charge is 0.265 e. The van der Waals surface area contributed by atoms with Gasteiger partial charge in [-0.3, -0.25) is 9.59 Å². The molecule has 1 aromatic carbocycles. The second kappa shape index (κ2) is 9.94. The molecule has 0 radical (unpaired) electrons. The molecule has 0 saturated heterocycles. The first-order valence-corrected chi connectivity index (χ1v) is 10.7. The van der Waals surface area contributed by atoms with E-state index in [9.17, 15) is 9.59 Å². The maximum atomic E-state index is 12.5. The molecule has 1 heterocycles. The standard InChI is InChI=1S/C23H36N2O3/c1-6-13-24(14-7-2)21(26)10-9-15-25-19-16-18(23(4,5)8-3)11-12-20(19)28-17-22(25)27/h11-12,16H,6-10,13-15,17H2,1-5H3. The van der Waals surface area contributed by atoms with Crippen LogP contribution in [0.1, 0.15) is 72.3 Å². The molecule has 2 amide bonds. The van der Waals surface area contributed by atoms with Gasteiger partial charge in [-0.1, -0.05) is 40.7 Å². The minimum absolute atomic E-state index is 0.0367. The lowest BCUT2D eigenvalue weighted by molar-refractivity contribution is -0.131.